The molecule has 0 saturated carbocycles. The minimum atomic E-state index is -0.680. The smallest absolute Gasteiger partial charge is 0.227 e. The topological polar surface area (TPSA) is 67.3 Å². The first-order valence-corrected chi connectivity index (χ1v) is 7.81. The average molecular weight is 317 g/mol. The molecular formula is C17H20FN3O2. The molecule has 6 heteroatoms. The Hall–Kier alpha value is -2.21. The summed E-state index contributed by atoms with van der Waals surface area (Å²) >= 11 is 0. The largest absolute Gasteiger partial charge is 0.505 e. The van der Waals surface area contributed by atoms with Gasteiger partial charge in [-0.3, -0.25) is 0 Å². The molecule has 1 atom stereocenters. The molecule has 1 aromatic heterocycles. The fourth-order valence-corrected chi connectivity index (χ4v) is 2.67. The second-order valence-corrected chi connectivity index (χ2v) is 5.79. The molecule has 0 bridgehead atoms. The molecule has 5 nitrogen and oxygen atoms in total. The number of hydrogen-bond acceptors (Lipinski definition) is 5. The zero-order valence-corrected chi connectivity index (χ0v) is 13.1. The highest BCUT2D eigenvalue weighted by molar-refractivity contribution is 5.55. The first-order chi connectivity index (χ1) is 11.1. The fourth-order valence-electron chi connectivity index (χ4n) is 2.67. The molecule has 0 radical (unpaired) electrons. The minimum Gasteiger partial charge on any atom is -0.505 e. The molecule has 1 aliphatic rings. The van der Waals surface area contributed by atoms with Crippen molar-refractivity contribution in [3.63, 3.8) is 0 Å². The van der Waals surface area contributed by atoms with Crippen LogP contribution in [0.5, 0.6) is 5.75 Å². The van der Waals surface area contributed by atoms with Crippen LogP contribution in [-0.2, 0) is 11.2 Å². The summed E-state index contributed by atoms with van der Waals surface area (Å²) in [6.07, 6.45) is 6.11. The monoisotopic (exact) mass is 317 g/mol. The van der Waals surface area contributed by atoms with E-state index in [2.05, 4.69) is 15.3 Å². The highest BCUT2D eigenvalue weighted by atomic mass is 19.1. The summed E-state index contributed by atoms with van der Waals surface area (Å²) in [5, 5.41) is 12.2. The zero-order valence-electron chi connectivity index (χ0n) is 13.1. The SMILES string of the molecule is Cc1cnc(Nc2ccc(O)c(F)c2)nc1CCC1CCCO1. The van der Waals surface area contributed by atoms with Crippen LogP contribution in [-0.4, -0.2) is 27.8 Å². The van der Waals surface area contributed by atoms with Crippen LogP contribution in [0, 0.1) is 12.7 Å². The summed E-state index contributed by atoms with van der Waals surface area (Å²) < 4.78 is 19.0. The van der Waals surface area contributed by atoms with Crippen molar-refractivity contribution in [1.29, 1.82) is 0 Å². The molecule has 0 spiro atoms. The van der Waals surface area contributed by atoms with Crippen molar-refractivity contribution in [3.8, 4) is 5.75 Å². The van der Waals surface area contributed by atoms with Gasteiger partial charge in [0.05, 0.1) is 6.10 Å². The van der Waals surface area contributed by atoms with Gasteiger partial charge >= 0.3 is 0 Å². The van der Waals surface area contributed by atoms with E-state index >= 15 is 0 Å². The van der Waals surface area contributed by atoms with Gasteiger partial charge in [-0.1, -0.05) is 0 Å². The number of aromatic nitrogens is 2. The van der Waals surface area contributed by atoms with E-state index in [4.69, 9.17) is 4.74 Å². The summed E-state index contributed by atoms with van der Waals surface area (Å²) in [7, 11) is 0. The van der Waals surface area contributed by atoms with E-state index in [1.807, 2.05) is 6.92 Å². The molecule has 1 aromatic carbocycles. The Kier molecular flexibility index (Phi) is 4.71. The molecule has 122 valence electrons. The maximum Gasteiger partial charge on any atom is 0.227 e. The number of ether oxygens (including phenoxy) is 1. The van der Waals surface area contributed by atoms with Gasteiger partial charge in [-0.25, -0.2) is 14.4 Å². The number of anilines is 2. The number of phenolic OH excluding ortho intramolecular Hbond substituents is 1. The van der Waals surface area contributed by atoms with Crippen LogP contribution in [0.3, 0.4) is 0 Å². The van der Waals surface area contributed by atoms with Gasteiger partial charge in [-0.2, -0.15) is 0 Å². The predicted molar refractivity (Wildman–Crippen MR) is 85.4 cm³/mol. The Labute approximate surface area is 134 Å². The van der Waals surface area contributed by atoms with Crippen molar-refractivity contribution >= 4 is 11.6 Å². The van der Waals surface area contributed by atoms with Crippen LogP contribution in [0.1, 0.15) is 30.5 Å². The fraction of sp³-hybridized carbons (Fsp3) is 0.412. The van der Waals surface area contributed by atoms with Crippen LogP contribution >= 0.6 is 0 Å². The maximum atomic E-state index is 13.4. The normalized spacial score (nSPS) is 17.4. The van der Waals surface area contributed by atoms with Crippen molar-refractivity contribution < 1.29 is 14.2 Å². The van der Waals surface area contributed by atoms with E-state index in [1.165, 1.54) is 12.1 Å². The Bertz CT molecular complexity index is 688. The van der Waals surface area contributed by atoms with Crippen molar-refractivity contribution in [2.24, 2.45) is 0 Å². The number of aryl methyl sites for hydroxylation is 2. The standard InChI is InChI=1S/C17H20FN3O2/c1-11-10-19-17(20-12-4-7-16(22)14(18)9-12)21-15(11)6-5-13-3-2-8-23-13/h4,7,9-10,13,22H,2-3,5-6,8H2,1H3,(H,19,20,21). The van der Waals surface area contributed by atoms with E-state index in [9.17, 15) is 9.50 Å². The summed E-state index contributed by atoms with van der Waals surface area (Å²) in [6.45, 7) is 2.83. The van der Waals surface area contributed by atoms with Crippen molar-refractivity contribution in [1.82, 2.24) is 9.97 Å². The first-order valence-electron chi connectivity index (χ1n) is 7.81. The Morgan fingerprint density at radius 2 is 2.30 bits per heavy atom. The molecule has 23 heavy (non-hydrogen) atoms. The lowest BCUT2D eigenvalue weighted by Crippen LogP contribution is -2.09. The maximum absolute atomic E-state index is 13.4. The Morgan fingerprint density at radius 1 is 1.43 bits per heavy atom. The first kappa shape index (κ1) is 15.7. The number of rotatable bonds is 5. The molecule has 1 aliphatic heterocycles. The van der Waals surface area contributed by atoms with Crippen LogP contribution in [0.2, 0.25) is 0 Å². The summed E-state index contributed by atoms with van der Waals surface area (Å²) in [5.41, 5.74) is 2.50. The molecule has 2 heterocycles. The molecule has 2 aromatic rings. The number of phenols is 1. The third-order valence-electron chi connectivity index (χ3n) is 4.01. The Balaban J connectivity index is 1.69. The lowest BCUT2D eigenvalue weighted by Gasteiger charge is -2.12. The van der Waals surface area contributed by atoms with Gasteiger partial charge in [0.1, 0.15) is 0 Å². The number of nitrogens with zero attached hydrogens (tertiary/aromatic N) is 2. The lowest BCUT2D eigenvalue weighted by molar-refractivity contribution is 0.104. The van der Waals surface area contributed by atoms with Crippen LogP contribution in [0.4, 0.5) is 16.0 Å². The summed E-state index contributed by atoms with van der Waals surface area (Å²) in [5.74, 6) is -0.638. The van der Waals surface area contributed by atoms with E-state index in [0.717, 1.165) is 43.5 Å². The number of halogens is 1. The van der Waals surface area contributed by atoms with Gasteiger partial charge in [0.25, 0.3) is 0 Å². The molecule has 0 aliphatic carbocycles. The Morgan fingerprint density at radius 3 is 3.04 bits per heavy atom. The summed E-state index contributed by atoms with van der Waals surface area (Å²) in [6, 6.07) is 4.09. The van der Waals surface area contributed by atoms with E-state index < -0.39 is 5.82 Å². The molecule has 1 unspecified atom stereocenters. The van der Waals surface area contributed by atoms with Gasteiger partial charge in [-0.05, 0) is 50.3 Å². The molecular weight excluding hydrogens is 297 g/mol. The van der Waals surface area contributed by atoms with Crippen molar-refractivity contribution in [2.45, 2.75) is 38.7 Å². The molecule has 1 saturated heterocycles. The summed E-state index contributed by atoms with van der Waals surface area (Å²) in [4.78, 5) is 8.75. The second kappa shape index (κ2) is 6.91. The van der Waals surface area contributed by atoms with Gasteiger partial charge in [0, 0.05) is 30.3 Å². The average Bonchev–Trinajstić information content (AvgIpc) is 3.05. The second-order valence-electron chi connectivity index (χ2n) is 5.79. The van der Waals surface area contributed by atoms with Gasteiger partial charge in [0.2, 0.25) is 5.95 Å². The molecule has 3 rings (SSSR count). The number of nitrogens with one attached hydrogen (secondary N) is 1. The molecule has 2 N–H and O–H groups in total. The lowest BCUT2D eigenvalue weighted by atomic mass is 10.1. The minimum absolute atomic E-state index is 0.326. The highest BCUT2D eigenvalue weighted by Crippen LogP contribution is 2.22. The number of hydrogen-bond donors (Lipinski definition) is 2. The van der Waals surface area contributed by atoms with Gasteiger partial charge < -0.3 is 15.2 Å². The zero-order chi connectivity index (χ0) is 16.2. The van der Waals surface area contributed by atoms with Crippen molar-refractivity contribution in [2.75, 3.05) is 11.9 Å². The predicted octanol–water partition coefficient (Wildman–Crippen LogP) is 3.48. The van der Waals surface area contributed by atoms with Crippen LogP contribution in [0.25, 0.3) is 0 Å². The van der Waals surface area contributed by atoms with Crippen molar-refractivity contribution in [3.05, 3.63) is 41.5 Å². The third kappa shape index (κ3) is 3.96. The van der Waals surface area contributed by atoms with Gasteiger partial charge in [0.15, 0.2) is 11.6 Å². The van der Waals surface area contributed by atoms with E-state index in [-0.39, 0.29) is 5.75 Å². The van der Waals surface area contributed by atoms with Gasteiger partial charge in [-0.15, -0.1) is 0 Å². The number of benzene rings is 1. The van der Waals surface area contributed by atoms with Crippen LogP contribution in [0.15, 0.2) is 24.4 Å². The molecule has 0 amide bonds. The van der Waals surface area contributed by atoms with E-state index in [0.29, 0.717) is 17.7 Å². The third-order valence-corrected chi connectivity index (χ3v) is 4.01. The highest BCUT2D eigenvalue weighted by Gasteiger charge is 2.16. The van der Waals surface area contributed by atoms with Crippen LogP contribution < -0.4 is 5.32 Å². The molecule has 1 fully saturated rings. The van der Waals surface area contributed by atoms with E-state index in [1.54, 1.807) is 12.3 Å². The number of aromatic hydroxyl groups is 1. The quantitative estimate of drug-likeness (QED) is 0.826.